The van der Waals surface area contributed by atoms with Gasteiger partial charge in [0.25, 0.3) is 5.91 Å². The SMILES string of the molecule is CCOc1ccc(CN(C)C(=O)COC(=O)Cc2ccccc2F)cc1. The molecule has 0 saturated heterocycles. The molecule has 0 aliphatic carbocycles. The van der Waals surface area contributed by atoms with E-state index >= 15 is 0 Å². The molecular weight excluding hydrogens is 337 g/mol. The number of nitrogens with zero attached hydrogens (tertiary/aromatic N) is 1. The van der Waals surface area contributed by atoms with Crippen LogP contribution in [0.2, 0.25) is 0 Å². The second kappa shape index (κ2) is 9.56. The summed E-state index contributed by atoms with van der Waals surface area (Å²) in [7, 11) is 1.63. The van der Waals surface area contributed by atoms with Crippen molar-refractivity contribution in [1.29, 1.82) is 0 Å². The van der Waals surface area contributed by atoms with Crippen molar-refractivity contribution in [2.75, 3.05) is 20.3 Å². The van der Waals surface area contributed by atoms with Crippen LogP contribution in [-0.2, 0) is 27.3 Å². The van der Waals surface area contributed by atoms with Crippen LogP contribution in [0.15, 0.2) is 48.5 Å². The minimum atomic E-state index is -0.641. The molecule has 6 heteroatoms. The fourth-order valence-electron chi connectivity index (χ4n) is 2.32. The quantitative estimate of drug-likeness (QED) is 0.680. The maximum atomic E-state index is 13.5. The zero-order chi connectivity index (χ0) is 18.9. The van der Waals surface area contributed by atoms with Crippen LogP contribution in [0.3, 0.4) is 0 Å². The van der Waals surface area contributed by atoms with Crippen molar-refractivity contribution >= 4 is 11.9 Å². The number of amides is 1. The zero-order valence-electron chi connectivity index (χ0n) is 14.9. The predicted molar refractivity (Wildman–Crippen MR) is 95.1 cm³/mol. The van der Waals surface area contributed by atoms with Crippen LogP contribution < -0.4 is 4.74 Å². The second-order valence-electron chi connectivity index (χ2n) is 5.76. The van der Waals surface area contributed by atoms with Crippen molar-refractivity contribution in [3.63, 3.8) is 0 Å². The van der Waals surface area contributed by atoms with E-state index in [9.17, 15) is 14.0 Å². The van der Waals surface area contributed by atoms with Gasteiger partial charge >= 0.3 is 5.97 Å². The van der Waals surface area contributed by atoms with Crippen LogP contribution in [0, 0.1) is 5.82 Å². The summed E-state index contributed by atoms with van der Waals surface area (Å²) < 4.78 is 23.8. The summed E-state index contributed by atoms with van der Waals surface area (Å²) >= 11 is 0. The Balaban J connectivity index is 1.79. The van der Waals surface area contributed by atoms with Gasteiger partial charge in [-0.1, -0.05) is 30.3 Å². The number of rotatable bonds is 8. The summed E-state index contributed by atoms with van der Waals surface area (Å²) in [4.78, 5) is 25.3. The molecule has 0 fully saturated rings. The summed E-state index contributed by atoms with van der Waals surface area (Å²) in [6.07, 6.45) is -0.206. The average Bonchev–Trinajstić information content (AvgIpc) is 2.63. The molecule has 5 nitrogen and oxygen atoms in total. The van der Waals surface area contributed by atoms with E-state index in [1.54, 1.807) is 19.2 Å². The number of carbonyl (C=O) groups is 2. The third-order valence-corrected chi connectivity index (χ3v) is 3.73. The van der Waals surface area contributed by atoms with Crippen LogP contribution in [0.25, 0.3) is 0 Å². The zero-order valence-corrected chi connectivity index (χ0v) is 14.9. The van der Waals surface area contributed by atoms with Gasteiger partial charge in [0.15, 0.2) is 6.61 Å². The van der Waals surface area contributed by atoms with Gasteiger partial charge in [-0.2, -0.15) is 0 Å². The normalized spacial score (nSPS) is 10.3. The van der Waals surface area contributed by atoms with Gasteiger partial charge in [0.2, 0.25) is 0 Å². The van der Waals surface area contributed by atoms with Gasteiger partial charge in [-0.15, -0.1) is 0 Å². The Bertz CT molecular complexity index is 746. The van der Waals surface area contributed by atoms with Crippen molar-refractivity contribution in [1.82, 2.24) is 4.90 Å². The molecule has 1 amide bonds. The van der Waals surface area contributed by atoms with Crippen LogP contribution in [0.4, 0.5) is 4.39 Å². The number of carbonyl (C=O) groups excluding carboxylic acids is 2. The molecule has 0 spiro atoms. The topological polar surface area (TPSA) is 55.8 Å². The first-order valence-corrected chi connectivity index (χ1v) is 8.34. The molecule has 0 unspecified atom stereocenters. The molecule has 0 atom stereocenters. The minimum Gasteiger partial charge on any atom is -0.494 e. The van der Waals surface area contributed by atoms with Gasteiger partial charge in [-0.05, 0) is 36.2 Å². The maximum Gasteiger partial charge on any atom is 0.310 e. The number of esters is 1. The lowest BCUT2D eigenvalue weighted by Gasteiger charge is -2.17. The maximum absolute atomic E-state index is 13.5. The smallest absolute Gasteiger partial charge is 0.310 e. The second-order valence-corrected chi connectivity index (χ2v) is 5.76. The van der Waals surface area contributed by atoms with Gasteiger partial charge in [-0.25, -0.2) is 4.39 Å². The third-order valence-electron chi connectivity index (χ3n) is 3.73. The van der Waals surface area contributed by atoms with Gasteiger partial charge in [0, 0.05) is 13.6 Å². The molecule has 0 radical (unpaired) electrons. The number of halogens is 1. The fraction of sp³-hybridized carbons (Fsp3) is 0.300. The van der Waals surface area contributed by atoms with E-state index in [0.29, 0.717) is 13.2 Å². The van der Waals surface area contributed by atoms with E-state index in [2.05, 4.69) is 0 Å². The van der Waals surface area contributed by atoms with Gasteiger partial charge in [0.1, 0.15) is 11.6 Å². The first kappa shape index (κ1) is 19.4. The molecule has 0 bridgehead atoms. The van der Waals surface area contributed by atoms with E-state index in [0.717, 1.165) is 11.3 Å². The molecule has 0 N–H and O–H groups in total. The predicted octanol–water partition coefficient (Wildman–Crippen LogP) is 2.97. The molecule has 2 aromatic carbocycles. The molecular formula is C20H22FNO4. The lowest BCUT2D eigenvalue weighted by atomic mass is 10.1. The van der Waals surface area contributed by atoms with Crippen LogP contribution in [-0.4, -0.2) is 37.0 Å². The Morgan fingerprint density at radius 2 is 1.77 bits per heavy atom. The lowest BCUT2D eigenvalue weighted by molar-refractivity contribution is -0.151. The average molecular weight is 359 g/mol. The molecule has 0 aliphatic heterocycles. The molecule has 26 heavy (non-hydrogen) atoms. The largest absolute Gasteiger partial charge is 0.494 e. The lowest BCUT2D eigenvalue weighted by Crippen LogP contribution is -2.31. The standard InChI is InChI=1S/C20H22FNO4/c1-3-25-17-10-8-15(9-11-17)13-22(2)19(23)14-26-20(24)12-16-6-4-5-7-18(16)21/h4-11H,3,12-14H2,1-2H3. The van der Waals surface area contributed by atoms with Crippen molar-refractivity contribution in [3.8, 4) is 5.75 Å². The number of hydrogen-bond donors (Lipinski definition) is 0. The van der Waals surface area contributed by atoms with E-state index in [1.807, 2.05) is 31.2 Å². The van der Waals surface area contributed by atoms with E-state index < -0.39 is 11.8 Å². The van der Waals surface area contributed by atoms with E-state index in [1.165, 1.54) is 17.0 Å². The Hall–Kier alpha value is -2.89. The van der Waals surface area contributed by atoms with E-state index in [-0.39, 0.29) is 24.5 Å². The van der Waals surface area contributed by atoms with E-state index in [4.69, 9.17) is 9.47 Å². The van der Waals surface area contributed by atoms with Gasteiger partial charge < -0.3 is 14.4 Å². The Morgan fingerprint density at radius 1 is 1.08 bits per heavy atom. The summed E-state index contributed by atoms with van der Waals surface area (Å²) in [5, 5.41) is 0. The van der Waals surface area contributed by atoms with Crippen LogP contribution >= 0.6 is 0 Å². The third kappa shape index (κ3) is 5.88. The monoisotopic (exact) mass is 359 g/mol. The van der Waals surface area contributed by atoms with Gasteiger partial charge in [0.05, 0.1) is 13.0 Å². The summed E-state index contributed by atoms with van der Waals surface area (Å²) in [5.74, 6) is -0.672. The highest BCUT2D eigenvalue weighted by Gasteiger charge is 2.14. The van der Waals surface area contributed by atoms with Crippen molar-refractivity contribution in [2.24, 2.45) is 0 Å². The molecule has 0 heterocycles. The minimum absolute atomic E-state index is 0.206. The molecule has 2 aromatic rings. The summed E-state index contributed by atoms with van der Waals surface area (Å²) in [6.45, 7) is 2.51. The number of likely N-dealkylation sites (N-methyl/N-ethyl adjacent to an activating group) is 1. The van der Waals surface area contributed by atoms with Crippen LogP contribution in [0.5, 0.6) is 5.75 Å². The fourth-order valence-corrected chi connectivity index (χ4v) is 2.32. The van der Waals surface area contributed by atoms with Crippen molar-refractivity contribution in [2.45, 2.75) is 19.9 Å². The molecule has 2 rings (SSSR count). The Morgan fingerprint density at radius 3 is 2.42 bits per heavy atom. The number of hydrogen-bond acceptors (Lipinski definition) is 4. The first-order chi connectivity index (χ1) is 12.5. The first-order valence-electron chi connectivity index (χ1n) is 8.34. The van der Waals surface area contributed by atoms with Crippen molar-refractivity contribution < 1.29 is 23.5 Å². The number of ether oxygens (including phenoxy) is 2. The van der Waals surface area contributed by atoms with Crippen LogP contribution in [0.1, 0.15) is 18.1 Å². The summed E-state index contributed by atoms with van der Waals surface area (Å²) in [5.41, 5.74) is 1.18. The molecule has 0 saturated carbocycles. The Kier molecular flexibility index (Phi) is 7.14. The molecule has 138 valence electrons. The molecule has 0 aliphatic rings. The van der Waals surface area contributed by atoms with Crippen molar-refractivity contribution in [3.05, 3.63) is 65.5 Å². The Labute approximate surface area is 152 Å². The van der Waals surface area contributed by atoms with Gasteiger partial charge in [-0.3, -0.25) is 9.59 Å². The highest BCUT2D eigenvalue weighted by atomic mass is 19.1. The molecule has 0 aromatic heterocycles. The highest BCUT2D eigenvalue weighted by molar-refractivity contribution is 5.81. The highest BCUT2D eigenvalue weighted by Crippen LogP contribution is 2.13. The number of benzene rings is 2. The summed E-state index contributed by atoms with van der Waals surface area (Å²) in [6, 6.07) is 13.4.